The summed E-state index contributed by atoms with van der Waals surface area (Å²) in [5.41, 5.74) is -1.34. The molecule has 0 heterocycles. The van der Waals surface area contributed by atoms with Crippen molar-refractivity contribution in [1.82, 2.24) is 0 Å². The second-order valence-corrected chi connectivity index (χ2v) is 7.08. The Bertz CT molecular complexity index is 873. The first-order chi connectivity index (χ1) is 15.1. The van der Waals surface area contributed by atoms with Crippen LogP contribution in [0.3, 0.4) is 0 Å². The Morgan fingerprint density at radius 3 is 1.97 bits per heavy atom. The Kier molecular flexibility index (Phi) is 11.7. The Balaban J connectivity index is 3.31. The molecule has 1 rings (SSSR count). The average molecular weight is 428 g/mol. The summed E-state index contributed by atoms with van der Waals surface area (Å²) in [6.45, 7) is 0.280. The summed E-state index contributed by atoms with van der Waals surface area (Å²) in [6.07, 6.45) is 10.2. The van der Waals surface area contributed by atoms with Gasteiger partial charge in [-0.05, 0) is 44.4 Å². The molecule has 0 aromatic heterocycles. The molecule has 31 heavy (non-hydrogen) atoms. The van der Waals surface area contributed by atoms with E-state index in [9.17, 15) is 28.8 Å². The summed E-state index contributed by atoms with van der Waals surface area (Å²) in [6, 6.07) is -2.24. The maximum atomic E-state index is 11.3. The van der Waals surface area contributed by atoms with E-state index in [-0.39, 0.29) is 44.7 Å². The van der Waals surface area contributed by atoms with Crippen molar-refractivity contribution in [1.29, 1.82) is 0 Å². The second kappa shape index (κ2) is 14.3. The van der Waals surface area contributed by atoms with Gasteiger partial charge >= 0.3 is 0 Å². The van der Waals surface area contributed by atoms with E-state index in [0.29, 0.717) is 12.8 Å². The molecule has 1 aliphatic carbocycles. The normalized spacial score (nSPS) is 23.6. The zero-order chi connectivity index (χ0) is 23.0. The summed E-state index contributed by atoms with van der Waals surface area (Å²) in [4.78, 5) is 87.0. The van der Waals surface area contributed by atoms with Crippen molar-refractivity contribution in [2.45, 2.75) is 62.2 Å². The molecule has 0 aromatic carbocycles. The molecule has 0 aliphatic heterocycles. The van der Waals surface area contributed by atoms with Crippen LogP contribution < -0.4 is 0 Å². The highest BCUT2D eigenvalue weighted by atomic mass is 16.1. The minimum Gasteiger partial charge on any atom is -0.211 e. The van der Waals surface area contributed by atoms with E-state index in [1.165, 1.54) is 36.5 Å². The van der Waals surface area contributed by atoms with E-state index < -0.39 is 23.7 Å². The van der Waals surface area contributed by atoms with Crippen molar-refractivity contribution in [2.24, 2.45) is 35.9 Å². The van der Waals surface area contributed by atoms with Crippen LogP contribution >= 0.6 is 0 Å². The van der Waals surface area contributed by atoms with Crippen molar-refractivity contribution in [2.75, 3.05) is 13.1 Å². The third-order valence-corrected chi connectivity index (χ3v) is 5.21. The van der Waals surface area contributed by atoms with Gasteiger partial charge in [-0.3, -0.25) is 0 Å². The van der Waals surface area contributed by atoms with Gasteiger partial charge < -0.3 is 0 Å². The van der Waals surface area contributed by atoms with Gasteiger partial charge in [0.05, 0.1) is 31.2 Å². The third kappa shape index (κ3) is 8.27. The van der Waals surface area contributed by atoms with Gasteiger partial charge in [0.2, 0.25) is 36.5 Å². The molecular weight excluding hydrogens is 408 g/mol. The summed E-state index contributed by atoms with van der Waals surface area (Å²) in [7, 11) is 0. The molecule has 1 aliphatic rings. The smallest absolute Gasteiger partial charge is 0.211 e. The van der Waals surface area contributed by atoms with Crippen LogP contribution in [-0.4, -0.2) is 73.2 Å². The molecule has 1 fully saturated rings. The summed E-state index contributed by atoms with van der Waals surface area (Å²) in [5, 5.41) is 0. The molecular formula is C19H20N6O6. The van der Waals surface area contributed by atoms with E-state index in [0.717, 1.165) is 0 Å². The van der Waals surface area contributed by atoms with E-state index in [1.807, 2.05) is 0 Å². The zero-order valence-electron chi connectivity index (χ0n) is 16.6. The SMILES string of the molecule is O=C=NCCCC(CN=C=O)CC(N=C=O)C1(N=C=O)CC(N=C=O)CC(N=C=O)C1. The van der Waals surface area contributed by atoms with Crippen molar-refractivity contribution in [3.8, 4) is 0 Å². The van der Waals surface area contributed by atoms with Crippen molar-refractivity contribution in [3.05, 3.63) is 0 Å². The Morgan fingerprint density at radius 1 is 0.806 bits per heavy atom. The minimum absolute atomic E-state index is 0.0614. The predicted molar refractivity (Wildman–Crippen MR) is 104 cm³/mol. The van der Waals surface area contributed by atoms with Crippen molar-refractivity contribution >= 4 is 36.5 Å². The molecule has 4 atom stereocenters. The summed E-state index contributed by atoms with van der Waals surface area (Å²) < 4.78 is 0. The number of hydrogen-bond acceptors (Lipinski definition) is 12. The second-order valence-electron chi connectivity index (χ2n) is 7.08. The van der Waals surface area contributed by atoms with Gasteiger partial charge in [-0.2, -0.15) is 9.98 Å². The first-order valence-corrected chi connectivity index (χ1v) is 9.46. The lowest BCUT2D eigenvalue weighted by molar-refractivity contribution is 0.191. The van der Waals surface area contributed by atoms with Crippen LogP contribution in [0.5, 0.6) is 0 Å². The highest BCUT2D eigenvalue weighted by Crippen LogP contribution is 2.41. The standard InChI is InChI=1S/C19H20N6O6/c26-9-20-3-1-2-15(8-21-10-27)4-18(24-13-30)19(25-14-31)6-16(22-11-28)5-17(7-19)23-12-29/h15-18H,1-8H2. The first kappa shape index (κ1) is 25.3. The largest absolute Gasteiger partial charge is 0.235 e. The Hall–Kier alpha value is -3.72. The molecule has 0 N–H and O–H groups in total. The quantitative estimate of drug-likeness (QED) is 0.238. The van der Waals surface area contributed by atoms with Crippen LogP contribution in [0.15, 0.2) is 30.0 Å². The van der Waals surface area contributed by atoms with E-state index >= 15 is 0 Å². The molecule has 0 saturated heterocycles. The van der Waals surface area contributed by atoms with Crippen LogP contribution in [0.4, 0.5) is 0 Å². The van der Waals surface area contributed by atoms with Gasteiger partial charge in [-0.25, -0.2) is 48.7 Å². The van der Waals surface area contributed by atoms with Gasteiger partial charge in [-0.1, -0.05) is 0 Å². The van der Waals surface area contributed by atoms with Gasteiger partial charge in [0.25, 0.3) is 0 Å². The molecule has 0 amide bonds. The fourth-order valence-corrected chi connectivity index (χ4v) is 3.98. The van der Waals surface area contributed by atoms with Gasteiger partial charge in [0.15, 0.2) is 0 Å². The number of carbonyl (C=O) groups excluding carboxylic acids is 6. The number of rotatable bonds is 13. The minimum atomic E-state index is -1.34. The molecule has 4 unspecified atom stereocenters. The lowest BCUT2D eigenvalue weighted by Gasteiger charge is -2.41. The predicted octanol–water partition coefficient (Wildman–Crippen LogP) is 0.816. The molecule has 0 aromatic rings. The van der Waals surface area contributed by atoms with Crippen molar-refractivity contribution in [3.63, 3.8) is 0 Å². The molecule has 12 nitrogen and oxygen atoms in total. The zero-order valence-corrected chi connectivity index (χ0v) is 16.6. The van der Waals surface area contributed by atoms with Gasteiger partial charge in [0.1, 0.15) is 5.54 Å². The molecule has 162 valence electrons. The average Bonchev–Trinajstić information content (AvgIpc) is 2.74. The maximum Gasteiger partial charge on any atom is 0.235 e. The molecule has 1 saturated carbocycles. The van der Waals surface area contributed by atoms with Crippen LogP contribution in [0, 0.1) is 5.92 Å². The van der Waals surface area contributed by atoms with Crippen molar-refractivity contribution < 1.29 is 28.8 Å². The number of nitrogens with zero attached hydrogens (tertiary/aromatic N) is 6. The number of aliphatic imine (C=N–C) groups is 6. The lowest BCUT2D eigenvalue weighted by Crippen LogP contribution is -2.49. The topological polar surface area (TPSA) is 177 Å². The summed E-state index contributed by atoms with van der Waals surface area (Å²) >= 11 is 0. The molecule has 0 bridgehead atoms. The van der Waals surface area contributed by atoms with E-state index in [4.69, 9.17) is 0 Å². The lowest BCUT2D eigenvalue weighted by atomic mass is 9.70. The monoisotopic (exact) mass is 428 g/mol. The van der Waals surface area contributed by atoms with Crippen LogP contribution in [0.1, 0.15) is 38.5 Å². The number of isocyanates is 6. The highest BCUT2D eigenvalue weighted by Gasteiger charge is 2.47. The third-order valence-electron chi connectivity index (χ3n) is 5.21. The molecule has 12 heteroatoms. The van der Waals surface area contributed by atoms with E-state index in [2.05, 4.69) is 30.0 Å². The fraction of sp³-hybridized carbons (Fsp3) is 0.684. The fourth-order valence-electron chi connectivity index (χ4n) is 3.98. The van der Waals surface area contributed by atoms with Crippen LogP contribution in [0.25, 0.3) is 0 Å². The maximum absolute atomic E-state index is 11.3. The van der Waals surface area contributed by atoms with Crippen LogP contribution in [-0.2, 0) is 28.8 Å². The Morgan fingerprint density at radius 2 is 1.45 bits per heavy atom. The number of hydrogen-bond donors (Lipinski definition) is 0. The van der Waals surface area contributed by atoms with Gasteiger partial charge in [0, 0.05) is 0 Å². The van der Waals surface area contributed by atoms with E-state index in [1.54, 1.807) is 0 Å². The van der Waals surface area contributed by atoms with Crippen LogP contribution in [0.2, 0.25) is 0 Å². The Labute approximate surface area is 177 Å². The van der Waals surface area contributed by atoms with Gasteiger partial charge in [-0.15, -0.1) is 0 Å². The molecule has 0 radical (unpaired) electrons. The highest BCUT2D eigenvalue weighted by molar-refractivity contribution is 5.40. The molecule has 0 spiro atoms. The first-order valence-electron chi connectivity index (χ1n) is 9.46. The summed E-state index contributed by atoms with van der Waals surface area (Å²) in [5.74, 6) is -0.299.